The van der Waals surface area contributed by atoms with Crippen LogP contribution >= 0.6 is 0 Å². The summed E-state index contributed by atoms with van der Waals surface area (Å²) in [5, 5.41) is 13.6. The molecule has 45 heavy (non-hydrogen) atoms. The summed E-state index contributed by atoms with van der Waals surface area (Å²) in [6.45, 7) is 15.0. The van der Waals surface area contributed by atoms with Crippen LogP contribution in [0.4, 0.5) is 0 Å². The molecule has 0 bridgehead atoms. The van der Waals surface area contributed by atoms with E-state index >= 15 is 0 Å². The fourth-order valence-corrected chi connectivity index (χ4v) is 15.3. The number of nitrogens with zero attached hydrogens (tertiary/aromatic N) is 1. The number of aliphatic carboxylic acids is 1. The second-order valence-corrected chi connectivity index (χ2v) is 20.0. The molecule has 2 N–H and O–H groups in total. The van der Waals surface area contributed by atoms with E-state index in [9.17, 15) is 14.1 Å². The van der Waals surface area contributed by atoms with E-state index in [1.165, 1.54) is 64.2 Å². The van der Waals surface area contributed by atoms with Gasteiger partial charge in [-0.3, -0.25) is 9.00 Å². The van der Waals surface area contributed by atoms with Crippen LogP contribution in [0.15, 0.2) is 23.3 Å². The summed E-state index contributed by atoms with van der Waals surface area (Å²) in [6, 6.07) is 0. The van der Waals surface area contributed by atoms with Crippen LogP contribution in [0, 0.1) is 57.2 Å². The predicted octanol–water partition coefficient (Wildman–Crippen LogP) is 7.21. The molecule has 9 atom stereocenters. The molecule has 0 radical (unpaired) electrons. The Morgan fingerprint density at radius 2 is 1.73 bits per heavy atom. The number of nitrogens with one attached hydrogen (secondary N) is 1. The molecule has 6 fully saturated rings. The summed E-state index contributed by atoms with van der Waals surface area (Å²) in [4.78, 5) is 14.0. The van der Waals surface area contributed by atoms with E-state index in [1.54, 1.807) is 11.1 Å². The quantitative estimate of drug-likeness (QED) is 0.323. The molecule has 8 rings (SSSR count). The lowest BCUT2D eigenvalue weighted by molar-refractivity contribution is -0.212. The third-order valence-electron chi connectivity index (χ3n) is 16.8. The number of fused-ring (bicyclic) bond motifs is 7. The Balaban J connectivity index is 0.977. The van der Waals surface area contributed by atoms with E-state index in [2.05, 4.69) is 50.1 Å². The van der Waals surface area contributed by atoms with Gasteiger partial charge in [-0.15, -0.1) is 0 Å². The molecule has 1 spiro atoms. The normalized spacial score (nSPS) is 51.1. The largest absolute Gasteiger partial charge is 0.481 e. The summed E-state index contributed by atoms with van der Waals surface area (Å²) in [6.07, 6.45) is 21.8. The first-order chi connectivity index (χ1) is 21.4. The zero-order chi connectivity index (χ0) is 31.4. The number of carbonyl (C=O) groups is 1. The van der Waals surface area contributed by atoms with Crippen molar-refractivity contribution in [3.63, 3.8) is 0 Å². The number of rotatable bonds is 6. The van der Waals surface area contributed by atoms with Crippen LogP contribution < -0.4 is 5.32 Å². The van der Waals surface area contributed by atoms with Crippen molar-refractivity contribution in [3.8, 4) is 0 Å². The smallest absolute Gasteiger partial charge is 0.306 e. The minimum absolute atomic E-state index is 0.116. The van der Waals surface area contributed by atoms with Gasteiger partial charge in [0.15, 0.2) is 0 Å². The van der Waals surface area contributed by atoms with E-state index in [0.29, 0.717) is 27.7 Å². The van der Waals surface area contributed by atoms with Gasteiger partial charge in [0.1, 0.15) is 0 Å². The van der Waals surface area contributed by atoms with Gasteiger partial charge in [0.2, 0.25) is 0 Å². The van der Waals surface area contributed by atoms with E-state index in [0.717, 1.165) is 80.6 Å². The van der Waals surface area contributed by atoms with Crippen LogP contribution in [0.2, 0.25) is 0 Å². The molecule has 0 aromatic rings. The van der Waals surface area contributed by atoms with E-state index in [4.69, 9.17) is 0 Å². The van der Waals surface area contributed by atoms with E-state index < -0.39 is 16.8 Å². The molecule has 1 saturated heterocycles. The topological polar surface area (TPSA) is 69.6 Å². The number of allylic oxidation sites excluding steroid dienone is 4. The fourth-order valence-electron chi connectivity index (χ4n) is 14.2. The lowest BCUT2D eigenvalue weighted by Gasteiger charge is -2.71. The molecule has 1 aliphatic heterocycles. The molecule has 0 amide bonds. The fraction of sp³-hybridized carbons (Fsp3) is 0.872. The highest BCUT2D eigenvalue weighted by atomic mass is 32.2. The van der Waals surface area contributed by atoms with Crippen LogP contribution in [-0.4, -0.2) is 63.4 Å². The Morgan fingerprint density at radius 3 is 2.47 bits per heavy atom. The summed E-state index contributed by atoms with van der Waals surface area (Å²) in [7, 11) is -0.591. The molecule has 5 saturated carbocycles. The van der Waals surface area contributed by atoms with Gasteiger partial charge < -0.3 is 15.3 Å². The van der Waals surface area contributed by atoms with Crippen molar-refractivity contribution in [2.75, 3.05) is 37.7 Å². The van der Waals surface area contributed by atoms with Gasteiger partial charge in [0, 0.05) is 54.0 Å². The molecule has 1 heterocycles. The van der Waals surface area contributed by atoms with Crippen molar-refractivity contribution in [1.82, 2.24) is 10.2 Å². The Morgan fingerprint density at radius 1 is 0.978 bits per heavy atom. The molecule has 0 aromatic heterocycles. The predicted molar refractivity (Wildman–Crippen MR) is 182 cm³/mol. The number of carboxylic acids is 1. The minimum Gasteiger partial charge on any atom is -0.481 e. The standard InChI is InChI=1S/C39H60N2O3S/c1-26-29(27-22-38(23-27)24-28(25-38)34(42)43)9-12-35(2)30(26)10-13-37(4)33(35)8-7-31-32-6-5-11-39(32,15-14-36(31,37)3)40-16-17-41-18-20-45(44)21-19-41/h9,22,26,28,30-33,40H,5-8,10-21,23-25H2,1-4H3,(H,42,43)/t26?,28?,30?,31-,32-,33?,35+,36-,37-,38?,39+/m1/s1. The van der Waals surface area contributed by atoms with Crippen LogP contribution in [-0.2, 0) is 15.6 Å². The molecule has 5 nitrogen and oxygen atoms in total. The Labute approximate surface area is 275 Å². The number of carboxylic acid groups (broad SMARTS) is 1. The molecule has 3 unspecified atom stereocenters. The van der Waals surface area contributed by atoms with Gasteiger partial charge >= 0.3 is 5.97 Å². The molecular weight excluding hydrogens is 577 g/mol. The van der Waals surface area contributed by atoms with Gasteiger partial charge in [-0.25, -0.2) is 0 Å². The Kier molecular flexibility index (Phi) is 7.48. The zero-order valence-electron chi connectivity index (χ0n) is 28.7. The number of hydrogen-bond donors (Lipinski definition) is 2. The maximum absolute atomic E-state index is 11.8. The second-order valence-electron chi connectivity index (χ2n) is 18.3. The first-order valence-electron chi connectivity index (χ1n) is 18.9. The molecule has 7 aliphatic carbocycles. The molecule has 6 heteroatoms. The zero-order valence-corrected chi connectivity index (χ0v) is 29.5. The first-order valence-corrected chi connectivity index (χ1v) is 20.4. The van der Waals surface area contributed by atoms with Gasteiger partial charge in [-0.2, -0.15) is 0 Å². The minimum atomic E-state index is -0.599. The third-order valence-corrected chi connectivity index (χ3v) is 18.1. The van der Waals surface area contributed by atoms with Crippen molar-refractivity contribution in [3.05, 3.63) is 23.3 Å². The Bertz CT molecular complexity index is 1310. The Hall–Kier alpha value is -0.980. The monoisotopic (exact) mass is 636 g/mol. The van der Waals surface area contributed by atoms with Crippen LogP contribution in [0.25, 0.3) is 0 Å². The SMILES string of the molecule is CC1C(C2=CC3(C2)CC(C(=O)O)C3)=CC[C@@]2(C)C1CC[C@]1(C)C2CC[C@@H]2[C@H]3CCC[C@]3(NCCN3CCS(=O)CC3)CC[C@]21C. The van der Waals surface area contributed by atoms with Crippen LogP contribution in [0.3, 0.4) is 0 Å². The maximum atomic E-state index is 11.8. The van der Waals surface area contributed by atoms with Crippen LogP contribution in [0.5, 0.6) is 0 Å². The first kappa shape index (κ1) is 31.3. The molecular formula is C39H60N2O3S. The summed E-state index contributed by atoms with van der Waals surface area (Å²) in [5.74, 6) is 4.87. The van der Waals surface area contributed by atoms with Crippen molar-refractivity contribution in [1.29, 1.82) is 0 Å². The molecule has 250 valence electrons. The highest BCUT2D eigenvalue weighted by molar-refractivity contribution is 7.85. The van der Waals surface area contributed by atoms with E-state index in [1.807, 2.05) is 0 Å². The van der Waals surface area contributed by atoms with Crippen molar-refractivity contribution >= 4 is 16.8 Å². The van der Waals surface area contributed by atoms with Crippen LogP contribution in [0.1, 0.15) is 111 Å². The highest BCUT2D eigenvalue weighted by Crippen LogP contribution is 2.75. The van der Waals surface area contributed by atoms with Crippen molar-refractivity contribution in [2.24, 2.45) is 57.2 Å². The highest BCUT2D eigenvalue weighted by Gasteiger charge is 2.68. The van der Waals surface area contributed by atoms with Gasteiger partial charge in [-0.05, 0) is 139 Å². The summed E-state index contributed by atoms with van der Waals surface area (Å²) >= 11 is 0. The van der Waals surface area contributed by atoms with E-state index in [-0.39, 0.29) is 11.3 Å². The van der Waals surface area contributed by atoms with Crippen molar-refractivity contribution in [2.45, 2.75) is 117 Å². The second kappa shape index (κ2) is 10.8. The average molecular weight is 637 g/mol. The van der Waals surface area contributed by atoms with Crippen molar-refractivity contribution < 1.29 is 14.1 Å². The maximum Gasteiger partial charge on any atom is 0.306 e. The summed E-state index contributed by atoms with van der Waals surface area (Å²) < 4.78 is 11.8. The molecule has 0 aromatic carbocycles. The third kappa shape index (κ3) is 4.56. The molecule has 8 aliphatic rings. The number of hydrogen-bond acceptors (Lipinski definition) is 4. The van der Waals surface area contributed by atoms with Gasteiger partial charge in [-0.1, -0.05) is 46.3 Å². The van der Waals surface area contributed by atoms with Gasteiger partial charge in [0.25, 0.3) is 0 Å². The lowest BCUT2D eigenvalue weighted by Crippen LogP contribution is -2.67. The van der Waals surface area contributed by atoms with Gasteiger partial charge in [0.05, 0.1) is 5.92 Å². The average Bonchev–Trinajstić information content (AvgIpc) is 3.38. The lowest BCUT2D eigenvalue weighted by atomic mass is 9.34. The summed E-state index contributed by atoms with van der Waals surface area (Å²) in [5.41, 5.74) is 4.98.